The van der Waals surface area contributed by atoms with E-state index in [0.29, 0.717) is 6.07 Å². The van der Waals surface area contributed by atoms with Gasteiger partial charge in [0, 0.05) is 43.0 Å². The van der Waals surface area contributed by atoms with Gasteiger partial charge in [-0.3, -0.25) is 14.6 Å². The number of anilines is 3. The number of hydrogen-bond acceptors (Lipinski definition) is 6. The molecule has 4 N–H and O–H groups in total. The SMILES string of the molecule is Nc1cncc(C(=O)N=CC2(C(=O)NCc3ccc(Nc4ccc(F)cc4C(F)(F)F)cc3F)CCOC2)c1. The highest BCUT2D eigenvalue weighted by atomic mass is 19.4. The largest absolute Gasteiger partial charge is 0.418 e. The number of amides is 2. The molecule has 0 bridgehead atoms. The standard InChI is InChI=1S/C26H22F5N5O3/c27-17-2-4-22(20(8-17)26(29,30)31)36-19-3-1-15(21(28)9-19)11-34-24(38)25(5-6-39-14-25)13-35-23(37)16-7-18(32)12-33-10-16/h1-4,7-10,12-13,36H,5-6,11,14,32H2,(H,34,38). The number of aromatic nitrogens is 1. The van der Waals surface area contributed by atoms with Crippen molar-refractivity contribution >= 4 is 35.1 Å². The Bertz CT molecular complexity index is 1420. The lowest BCUT2D eigenvalue weighted by Gasteiger charge is -2.21. The number of nitrogens with one attached hydrogen (secondary N) is 2. The van der Waals surface area contributed by atoms with Crippen molar-refractivity contribution in [3.8, 4) is 0 Å². The molecule has 204 valence electrons. The van der Waals surface area contributed by atoms with E-state index >= 15 is 0 Å². The summed E-state index contributed by atoms with van der Waals surface area (Å²) in [7, 11) is 0. The van der Waals surface area contributed by atoms with Gasteiger partial charge in [0.25, 0.3) is 5.91 Å². The Labute approximate surface area is 219 Å². The van der Waals surface area contributed by atoms with Crippen LogP contribution in [0.5, 0.6) is 0 Å². The van der Waals surface area contributed by atoms with E-state index in [2.05, 4.69) is 20.6 Å². The zero-order chi connectivity index (χ0) is 28.2. The first-order chi connectivity index (χ1) is 18.5. The second-order valence-corrected chi connectivity index (χ2v) is 8.83. The van der Waals surface area contributed by atoms with Gasteiger partial charge in [-0.1, -0.05) is 6.07 Å². The highest BCUT2D eigenvalue weighted by Crippen LogP contribution is 2.36. The summed E-state index contributed by atoms with van der Waals surface area (Å²) in [5.41, 5.74) is 3.13. The number of halogens is 5. The number of ether oxygens (including phenoxy) is 1. The molecule has 1 aromatic heterocycles. The van der Waals surface area contributed by atoms with E-state index in [-0.39, 0.29) is 48.7 Å². The minimum atomic E-state index is -4.83. The number of nitrogens with zero attached hydrogens (tertiary/aromatic N) is 2. The topological polar surface area (TPSA) is 119 Å². The molecular formula is C26H22F5N5O3. The Morgan fingerprint density at radius 3 is 2.59 bits per heavy atom. The molecule has 39 heavy (non-hydrogen) atoms. The number of pyridine rings is 1. The van der Waals surface area contributed by atoms with Gasteiger partial charge in [-0.25, -0.2) is 13.8 Å². The fourth-order valence-electron chi connectivity index (χ4n) is 3.89. The lowest BCUT2D eigenvalue weighted by molar-refractivity contribution is -0.137. The summed E-state index contributed by atoms with van der Waals surface area (Å²) in [6.45, 7) is -0.0567. The Hall–Kier alpha value is -4.39. The highest BCUT2D eigenvalue weighted by molar-refractivity contribution is 6.05. The quantitative estimate of drug-likeness (QED) is 0.293. The number of carbonyl (C=O) groups excluding carboxylic acids is 2. The summed E-state index contributed by atoms with van der Waals surface area (Å²) in [4.78, 5) is 33.1. The van der Waals surface area contributed by atoms with Crippen LogP contribution in [0, 0.1) is 17.0 Å². The van der Waals surface area contributed by atoms with Gasteiger partial charge in [0.05, 0.1) is 29.1 Å². The van der Waals surface area contributed by atoms with Crippen molar-refractivity contribution in [1.29, 1.82) is 0 Å². The van der Waals surface area contributed by atoms with Crippen LogP contribution in [-0.4, -0.2) is 36.2 Å². The van der Waals surface area contributed by atoms with E-state index in [1.54, 1.807) is 0 Å². The molecule has 1 aliphatic heterocycles. The average molecular weight is 547 g/mol. The van der Waals surface area contributed by atoms with Gasteiger partial charge in [-0.2, -0.15) is 13.2 Å². The van der Waals surface area contributed by atoms with Gasteiger partial charge < -0.3 is 21.1 Å². The van der Waals surface area contributed by atoms with Gasteiger partial charge in [0.2, 0.25) is 5.91 Å². The molecule has 2 amide bonds. The maximum absolute atomic E-state index is 14.8. The first-order valence-electron chi connectivity index (χ1n) is 11.6. The van der Waals surface area contributed by atoms with Crippen molar-refractivity contribution in [3.05, 3.63) is 83.2 Å². The number of carbonyl (C=O) groups is 2. The second kappa shape index (κ2) is 11.2. The van der Waals surface area contributed by atoms with E-state index in [1.807, 2.05) is 0 Å². The summed E-state index contributed by atoms with van der Waals surface area (Å²) < 4.78 is 73.2. The molecule has 1 fully saturated rings. The first kappa shape index (κ1) is 27.6. The molecule has 3 aromatic rings. The molecule has 4 rings (SSSR count). The monoisotopic (exact) mass is 547 g/mol. The number of nitrogen functional groups attached to an aromatic ring is 1. The van der Waals surface area contributed by atoms with Crippen LogP contribution in [0.1, 0.15) is 27.9 Å². The molecule has 0 aliphatic carbocycles. The summed E-state index contributed by atoms with van der Waals surface area (Å²) in [6.07, 6.45) is -0.743. The van der Waals surface area contributed by atoms with E-state index in [0.717, 1.165) is 18.2 Å². The fraction of sp³-hybridized carbons (Fsp3) is 0.231. The molecule has 2 aromatic carbocycles. The molecule has 1 atom stereocenters. The third-order valence-electron chi connectivity index (χ3n) is 6.00. The minimum Gasteiger partial charge on any atom is -0.397 e. The van der Waals surface area contributed by atoms with Crippen molar-refractivity contribution in [3.63, 3.8) is 0 Å². The maximum Gasteiger partial charge on any atom is 0.418 e. The Balaban J connectivity index is 1.44. The normalized spacial score (nSPS) is 17.4. The van der Waals surface area contributed by atoms with Crippen LogP contribution in [0.15, 0.2) is 59.9 Å². The van der Waals surface area contributed by atoms with Crippen molar-refractivity contribution in [2.75, 3.05) is 24.3 Å². The highest BCUT2D eigenvalue weighted by Gasteiger charge is 2.41. The number of nitrogens with two attached hydrogens (primary N) is 1. The predicted molar refractivity (Wildman–Crippen MR) is 132 cm³/mol. The van der Waals surface area contributed by atoms with Crippen LogP contribution in [0.25, 0.3) is 0 Å². The minimum absolute atomic E-state index is 0.0120. The maximum atomic E-state index is 14.8. The predicted octanol–water partition coefficient (Wildman–Crippen LogP) is 4.64. The number of alkyl halides is 3. The molecule has 1 saturated heterocycles. The molecule has 1 unspecified atom stereocenters. The van der Waals surface area contributed by atoms with Gasteiger partial charge in [-0.15, -0.1) is 0 Å². The van der Waals surface area contributed by atoms with Crippen LogP contribution in [-0.2, 0) is 22.3 Å². The zero-order valence-electron chi connectivity index (χ0n) is 20.2. The molecule has 0 spiro atoms. The fourth-order valence-corrected chi connectivity index (χ4v) is 3.89. The van der Waals surface area contributed by atoms with Crippen LogP contribution in [0.4, 0.5) is 39.0 Å². The van der Waals surface area contributed by atoms with E-state index in [1.165, 1.54) is 36.8 Å². The number of aliphatic imine (C=N–C) groups is 1. The molecule has 0 radical (unpaired) electrons. The second-order valence-electron chi connectivity index (χ2n) is 8.83. The third kappa shape index (κ3) is 6.55. The summed E-state index contributed by atoms with van der Waals surface area (Å²) >= 11 is 0. The Morgan fingerprint density at radius 1 is 1.13 bits per heavy atom. The van der Waals surface area contributed by atoms with Gasteiger partial charge in [0.1, 0.15) is 17.0 Å². The Morgan fingerprint density at radius 2 is 1.92 bits per heavy atom. The van der Waals surface area contributed by atoms with Gasteiger partial charge >= 0.3 is 6.18 Å². The number of rotatable bonds is 7. The molecule has 2 heterocycles. The zero-order valence-corrected chi connectivity index (χ0v) is 20.2. The summed E-state index contributed by atoms with van der Waals surface area (Å²) in [5, 5.41) is 5.04. The van der Waals surface area contributed by atoms with Crippen molar-refractivity contribution < 1.29 is 36.3 Å². The molecular weight excluding hydrogens is 525 g/mol. The first-order valence-corrected chi connectivity index (χ1v) is 11.6. The average Bonchev–Trinajstić information content (AvgIpc) is 3.37. The molecule has 13 heteroatoms. The summed E-state index contributed by atoms with van der Waals surface area (Å²) in [6, 6.07) is 7.06. The van der Waals surface area contributed by atoms with Crippen LogP contribution in [0.2, 0.25) is 0 Å². The van der Waals surface area contributed by atoms with Crippen LogP contribution in [0.3, 0.4) is 0 Å². The van der Waals surface area contributed by atoms with Gasteiger partial charge in [0.15, 0.2) is 0 Å². The lowest BCUT2D eigenvalue weighted by Crippen LogP contribution is -2.42. The van der Waals surface area contributed by atoms with Crippen molar-refractivity contribution in [1.82, 2.24) is 10.3 Å². The Kier molecular flexibility index (Phi) is 7.90. The van der Waals surface area contributed by atoms with E-state index in [9.17, 15) is 31.5 Å². The smallest absolute Gasteiger partial charge is 0.397 e. The van der Waals surface area contributed by atoms with E-state index in [4.69, 9.17) is 10.5 Å². The number of benzene rings is 2. The van der Waals surface area contributed by atoms with E-state index < -0.39 is 46.3 Å². The number of hydrogen-bond donors (Lipinski definition) is 3. The molecule has 1 aliphatic rings. The van der Waals surface area contributed by atoms with Gasteiger partial charge in [-0.05, 0) is 42.8 Å². The third-order valence-corrected chi connectivity index (χ3v) is 6.00. The van der Waals surface area contributed by atoms with Crippen LogP contribution >= 0.6 is 0 Å². The van der Waals surface area contributed by atoms with Crippen LogP contribution < -0.4 is 16.4 Å². The molecule has 0 saturated carbocycles. The van der Waals surface area contributed by atoms with Crippen molar-refractivity contribution in [2.24, 2.45) is 10.4 Å². The molecule has 8 nitrogen and oxygen atoms in total. The summed E-state index contributed by atoms with van der Waals surface area (Å²) in [5.74, 6) is -3.07. The van der Waals surface area contributed by atoms with Crippen molar-refractivity contribution in [2.45, 2.75) is 19.1 Å². The lowest BCUT2D eigenvalue weighted by atomic mass is 9.87.